The van der Waals surface area contributed by atoms with Crippen LogP contribution < -0.4 is 15.9 Å². The highest BCUT2D eigenvalue weighted by molar-refractivity contribution is 5.99. The van der Waals surface area contributed by atoms with Crippen LogP contribution in [-0.2, 0) is 24.3 Å². The monoisotopic (exact) mass is 537 g/mol. The van der Waals surface area contributed by atoms with Gasteiger partial charge in [0.2, 0.25) is 5.43 Å². The van der Waals surface area contributed by atoms with E-state index in [1.54, 1.807) is 4.90 Å². The van der Waals surface area contributed by atoms with Gasteiger partial charge in [-0.25, -0.2) is 8.78 Å². The lowest BCUT2D eigenvalue weighted by molar-refractivity contribution is -0.0147. The zero-order valence-corrected chi connectivity index (χ0v) is 21.4. The number of hydrogen-bond acceptors (Lipinski definition) is 5. The molecule has 2 aliphatic rings. The summed E-state index contributed by atoms with van der Waals surface area (Å²) in [5.74, 6) is -3.02. The van der Waals surface area contributed by atoms with Crippen molar-refractivity contribution in [1.29, 1.82) is 0 Å². The highest BCUT2D eigenvalue weighted by Gasteiger charge is 2.49. The smallest absolute Gasteiger partial charge is 0.276 e. The zero-order valence-electron chi connectivity index (χ0n) is 21.4. The average Bonchev–Trinajstić information content (AvgIpc) is 3.25. The molecule has 3 heterocycles. The van der Waals surface area contributed by atoms with E-state index in [1.807, 2.05) is 37.3 Å². The molecule has 8 nitrogen and oxygen atoms in total. The summed E-state index contributed by atoms with van der Waals surface area (Å²) in [6, 6.07) is 12.1. The molecule has 0 radical (unpaired) electrons. The Morgan fingerprint density at radius 1 is 1.15 bits per heavy atom. The molecule has 1 unspecified atom stereocenters. The minimum atomic E-state index is -0.937. The van der Waals surface area contributed by atoms with Crippen molar-refractivity contribution < 1.29 is 27.8 Å². The maximum atomic E-state index is 14.5. The fourth-order valence-corrected chi connectivity index (χ4v) is 5.32. The molecule has 0 saturated carbocycles. The third-order valence-corrected chi connectivity index (χ3v) is 7.24. The van der Waals surface area contributed by atoms with Crippen LogP contribution in [-0.4, -0.2) is 39.7 Å². The van der Waals surface area contributed by atoms with Crippen LogP contribution in [0.4, 0.5) is 8.78 Å². The van der Waals surface area contributed by atoms with E-state index < -0.39 is 47.3 Å². The normalized spacial score (nSPS) is 20.0. The number of unbranched alkanes of at least 4 members (excludes halogenated alkanes) is 1. The number of aromatic nitrogens is 1. The molecule has 3 aromatic rings. The van der Waals surface area contributed by atoms with Crippen molar-refractivity contribution in [3.8, 4) is 5.75 Å². The first-order valence-electron chi connectivity index (χ1n) is 12.9. The number of carbonyl (C=O) groups is 2. The summed E-state index contributed by atoms with van der Waals surface area (Å²) in [6.07, 6.45) is 2.38. The standard InChI is InChI=1S/C29H29F2N3O5/c1-2-3-9-22-23(12-18-10-11-19(30)13-21(18)31)39-24-15-33-14-20(28(32)36)26(35)27(25(33)29(37)34(22)24)38-16-17-7-5-4-6-8-17/h4-8,10-11,13-14,22-24H,2-3,9,12,15-16H2,1H3,(H2,32,36)/t22-,23?,24+/m0/s1. The number of hydrogen-bond donors (Lipinski definition) is 1. The van der Waals surface area contributed by atoms with E-state index in [-0.39, 0.29) is 42.1 Å². The van der Waals surface area contributed by atoms with Crippen LogP contribution in [0.1, 0.15) is 58.2 Å². The lowest BCUT2D eigenvalue weighted by Crippen LogP contribution is -2.50. The Kier molecular flexibility index (Phi) is 7.47. The van der Waals surface area contributed by atoms with Gasteiger partial charge < -0.3 is 24.7 Å². The lowest BCUT2D eigenvalue weighted by atomic mass is 9.96. The number of nitrogens with zero attached hydrogens (tertiary/aromatic N) is 2. The maximum absolute atomic E-state index is 14.5. The zero-order chi connectivity index (χ0) is 27.7. The highest BCUT2D eigenvalue weighted by Crippen LogP contribution is 2.36. The second-order valence-corrected chi connectivity index (χ2v) is 9.83. The second-order valence-electron chi connectivity index (χ2n) is 9.83. The van der Waals surface area contributed by atoms with E-state index in [0.717, 1.165) is 24.5 Å². The Morgan fingerprint density at radius 2 is 1.92 bits per heavy atom. The van der Waals surface area contributed by atoms with Gasteiger partial charge in [-0.1, -0.05) is 56.2 Å². The van der Waals surface area contributed by atoms with Gasteiger partial charge in [-0.15, -0.1) is 0 Å². The highest BCUT2D eigenvalue weighted by atomic mass is 19.1. The van der Waals surface area contributed by atoms with Crippen LogP contribution in [0.15, 0.2) is 59.5 Å². The summed E-state index contributed by atoms with van der Waals surface area (Å²) in [4.78, 5) is 40.9. The predicted molar refractivity (Wildman–Crippen MR) is 138 cm³/mol. The number of carbonyl (C=O) groups excluding carboxylic acids is 2. The van der Waals surface area contributed by atoms with Crippen LogP contribution in [0.2, 0.25) is 0 Å². The van der Waals surface area contributed by atoms with E-state index in [4.69, 9.17) is 15.2 Å². The van der Waals surface area contributed by atoms with Gasteiger partial charge in [-0.05, 0) is 23.6 Å². The molecule has 0 spiro atoms. The van der Waals surface area contributed by atoms with E-state index in [9.17, 15) is 23.2 Å². The largest absolute Gasteiger partial charge is 0.483 e. The quantitative estimate of drug-likeness (QED) is 0.448. The molecule has 2 N–H and O–H groups in total. The first kappa shape index (κ1) is 26.6. The maximum Gasteiger partial charge on any atom is 0.276 e. The van der Waals surface area contributed by atoms with Gasteiger partial charge in [-0.2, -0.15) is 0 Å². The fraction of sp³-hybridized carbons (Fsp3) is 0.345. The summed E-state index contributed by atoms with van der Waals surface area (Å²) in [6.45, 7) is 2.15. The van der Waals surface area contributed by atoms with Gasteiger partial charge in [-0.3, -0.25) is 14.4 Å². The SMILES string of the molecule is CCCC[C@H]1C(Cc2ccc(F)cc2F)O[C@@H]2Cn3cc(C(N)=O)c(=O)c(OCc4ccccc4)c3C(=O)N21. The van der Waals surface area contributed by atoms with E-state index in [2.05, 4.69) is 0 Å². The molecule has 2 aliphatic heterocycles. The molecular formula is C29H29F2N3O5. The van der Waals surface area contributed by atoms with Crippen LogP contribution >= 0.6 is 0 Å². The van der Waals surface area contributed by atoms with Crippen LogP contribution in [0, 0.1) is 11.6 Å². The van der Waals surface area contributed by atoms with Crippen LogP contribution in [0.25, 0.3) is 0 Å². The molecule has 1 saturated heterocycles. The van der Waals surface area contributed by atoms with Crippen molar-refractivity contribution in [2.45, 2.75) is 64.1 Å². The number of pyridine rings is 1. The van der Waals surface area contributed by atoms with Crippen molar-refractivity contribution in [1.82, 2.24) is 9.47 Å². The third kappa shape index (κ3) is 5.16. The molecular weight excluding hydrogens is 508 g/mol. The number of nitrogens with two attached hydrogens (primary N) is 1. The van der Waals surface area contributed by atoms with Gasteiger partial charge in [0.15, 0.2) is 17.7 Å². The van der Waals surface area contributed by atoms with Crippen molar-refractivity contribution in [3.05, 3.63) is 99.0 Å². The second kappa shape index (κ2) is 11.0. The topological polar surface area (TPSA) is 104 Å². The lowest BCUT2D eigenvalue weighted by Gasteiger charge is -2.35. The van der Waals surface area contributed by atoms with E-state index >= 15 is 0 Å². The van der Waals surface area contributed by atoms with Crippen LogP contribution in [0.5, 0.6) is 5.75 Å². The number of rotatable bonds is 9. The Labute approximate surface area is 223 Å². The number of primary amides is 1. The minimum absolute atomic E-state index is 0.00420. The molecule has 0 aliphatic carbocycles. The molecule has 10 heteroatoms. The molecule has 39 heavy (non-hydrogen) atoms. The fourth-order valence-electron chi connectivity index (χ4n) is 5.32. The Bertz CT molecular complexity index is 1460. The molecule has 204 valence electrons. The van der Waals surface area contributed by atoms with Gasteiger partial charge in [0, 0.05) is 18.7 Å². The molecule has 5 rings (SSSR count). The Balaban J connectivity index is 1.52. The average molecular weight is 538 g/mol. The summed E-state index contributed by atoms with van der Waals surface area (Å²) >= 11 is 0. The number of ether oxygens (including phenoxy) is 2. The molecule has 1 fully saturated rings. The number of halogens is 2. The van der Waals surface area contributed by atoms with Crippen molar-refractivity contribution in [2.24, 2.45) is 5.73 Å². The van der Waals surface area contributed by atoms with Gasteiger partial charge >= 0.3 is 0 Å². The molecule has 1 aromatic heterocycles. The van der Waals surface area contributed by atoms with Gasteiger partial charge in [0.1, 0.15) is 23.8 Å². The van der Waals surface area contributed by atoms with Gasteiger partial charge in [0.25, 0.3) is 11.8 Å². The first-order chi connectivity index (χ1) is 18.8. The summed E-state index contributed by atoms with van der Waals surface area (Å²) in [5.41, 5.74) is 5.49. The van der Waals surface area contributed by atoms with Crippen molar-refractivity contribution >= 4 is 11.8 Å². The first-order valence-corrected chi connectivity index (χ1v) is 12.9. The minimum Gasteiger partial charge on any atom is -0.483 e. The van der Waals surface area contributed by atoms with Crippen LogP contribution in [0.3, 0.4) is 0 Å². The summed E-state index contributed by atoms with van der Waals surface area (Å²) in [5, 5.41) is 0. The Hall–Kier alpha value is -4.05. The predicted octanol–water partition coefficient (Wildman–Crippen LogP) is 3.79. The molecule has 3 atom stereocenters. The number of benzene rings is 2. The summed E-state index contributed by atoms with van der Waals surface area (Å²) in [7, 11) is 0. The van der Waals surface area contributed by atoms with E-state index in [0.29, 0.717) is 6.42 Å². The summed E-state index contributed by atoms with van der Waals surface area (Å²) < 4.78 is 41.6. The Morgan fingerprint density at radius 3 is 2.62 bits per heavy atom. The third-order valence-electron chi connectivity index (χ3n) is 7.24. The van der Waals surface area contributed by atoms with Crippen molar-refractivity contribution in [2.75, 3.05) is 0 Å². The number of amides is 2. The molecule has 0 bridgehead atoms. The molecule has 2 aromatic carbocycles. The van der Waals surface area contributed by atoms with E-state index in [1.165, 1.54) is 22.9 Å². The van der Waals surface area contributed by atoms with Gasteiger partial charge in [0.05, 0.1) is 18.7 Å². The molecule has 2 amide bonds. The number of fused-ring (bicyclic) bond motifs is 2. The van der Waals surface area contributed by atoms with Crippen molar-refractivity contribution in [3.63, 3.8) is 0 Å².